The topological polar surface area (TPSA) is 50.4 Å². The molecule has 2 atom stereocenters. The first-order chi connectivity index (χ1) is 8.17. The van der Waals surface area contributed by atoms with Gasteiger partial charge in [0.15, 0.2) is 0 Å². The van der Waals surface area contributed by atoms with Crippen LogP contribution in [0.4, 0.5) is 0 Å². The summed E-state index contributed by atoms with van der Waals surface area (Å²) >= 11 is 0. The lowest BCUT2D eigenvalue weighted by Crippen LogP contribution is -2.44. The Morgan fingerprint density at radius 3 is 2.65 bits per heavy atom. The van der Waals surface area contributed by atoms with Crippen LogP contribution in [-0.2, 0) is 9.53 Å². The standard InChI is InChI=1S/C13H26N2O2/c1-4-12(5-2)15-13(16)8-14-10(3)11-6-7-17-9-11/h10-12,14H,4-9H2,1-3H3,(H,15,16). The molecule has 0 saturated carbocycles. The van der Waals surface area contributed by atoms with E-state index in [9.17, 15) is 4.79 Å². The van der Waals surface area contributed by atoms with E-state index in [2.05, 4.69) is 31.4 Å². The fourth-order valence-corrected chi connectivity index (χ4v) is 2.14. The molecular weight excluding hydrogens is 216 g/mol. The number of hydrogen-bond acceptors (Lipinski definition) is 3. The fraction of sp³-hybridized carbons (Fsp3) is 0.923. The quantitative estimate of drug-likeness (QED) is 0.707. The Morgan fingerprint density at radius 1 is 1.41 bits per heavy atom. The average molecular weight is 242 g/mol. The molecule has 1 heterocycles. The molecule has 0 aromatic carbocycles. The summed E-state index contributed by atoms with van der Waals surface area (Å²) in [4.78, 5) is 11.7. The van der Waals surface area contributed by atoms with Crippen molar-refractivity contribution in [1.82, 2.24) is 10.6 Å². The molecule has 17 heavy (non-hydrogen) atoms. The predicted molar refractivity (Wildman–Crippen MR) is 68.9 cm³/mol. The third kappa shape index (κ3) is 5.04. The summed E-state index contributed by atoms with van der Waals surface area (Å²) in [5, 5.41) is 6.32. The van der Waals surface area contributed by atoms with E-state index in [4.69, 9.17) is 4.74 Å². The molecule has 0 bridgehead atoms. The van der Waals surface area contributed by atoms with Crippen LogP contribution in [0, 0.1) is 5.92 Å². The van der Waals surface area contributed by atoms with Gasteiger partial charge >= 0.3 is 0 Å². The van der Waals surface area contributed by atoms with Crippen LogP contribution < -0.4 is 10.6 Å². The summed E-state index contributed by atoms with van der Waals surface area (Å²) < 4.78 is 5.34. The lowest BCUT2D eigenvalue weighted by molar-refractivity contribution is -0.121. The Hall–Kier alpha value is -0.610. The van der Waals surface area contributed by atoms with Crippen molar-refractivity contribution >= 4 is 5.91 Å². The van der Waals surface area contributed by atoms with Gasteiger partial charge in [0.1, 0.15) is 0 Å². The molecule has 1 aliphatic heterocycles. The van der Waals surface area contributed by atoms with Crippen molar-refractivity contribution < 1.29 is 9.53 Å². The van der Waals surface area contributed by atoms with Crippen molar-refractivity contribution in [3.8, 4) is 0 Å². The molecule has 1 rings (SSSR count). The van der Waals surface area contributed by atoms with E-state index in [0.717, 1.165) is 32.5 Å². The summed E-state index contributed by atoms with van der Waals surface area (Å²) in [6.45, 7) is 8.41. The van der Waals surface area contributed by atoms with E-state index < -0.39 is 0 Å². The monoisotopic (exact) mass is 242 g/mol. The molecule has 0 aliphatic carbocycles. The summed E-state index contributed by atoms with van der Waals surface area (Å²) in [5.41, 5.74) is 0. The number of carbonyl (C=O) groups is 1. The number of ether oxygens (including phenoxy) is 1. The van der Waals surface area contributed by atoms with Crippen LogP contribution in [0.5, 0.6) is 0 Å². The Balaban J connectivity index is 2.18. The van der Waals surface area contributed by atoms with Crippen LogP contribution in [0.2, 0.25) is 0 Å². The van der Waals surface area contributed by atoms with Crippen LogP contribution in [0.25, 0.3) is 0 Å². The number of hydrogen-bond donors (Lipinski definition) is 2. The molecule has 0 aromatic heterocycles. The van der Waals surface area contributed by atoms with Gasteiger partial charge in [0.25, 0.3) is 0 Å². The second-order valence-electron chi connectivity index (χ2n) is 4.87. The SMILES string of the molecule is CCC(CC)NC(=O)CNC(C)C1CCOC1. The zero-order valence-electron chi connectivity index (χ0n) is 11.3. The number of rotatable bonds is 7. The highest BCUT2D eigenvalue weighted by Gasteiger charge is 2.22. The van der Waals surface area contributed by atoms with Gasteiger partial charge in [-0.3, -0.25) is 4.79 Å². The molecule has 2 N–H and O–H groups in total. The van der Waals surface area contributed by atoms with Gasteiger partial charge in [0.05, 0.1) is 13.2 Å². The van der Waals surface area contributed by atoms with Crippen LogP contribution in [0.15, 0.2) is 0 Å². The molecule has 0 radical (unpaired) electrons. The highest BCUT2D eigenvalue weighted by atomic mass is 16.5. The Bertz CT molecular complexity index is 223. The van der Waals surface area contributed by atoms with Crippen molar-refractivity contribution in [2.24, 2.45) is 5.92 Å². The lowest BCUT2D eigenvalue weighted by Gasteiger charge is -2.20. The first-order valence-electron chi connectivity index (χ1n) is 6.77. The Kier molecular flexibility index (Phi) is 6.52. The lowest BCUT2D eigenvalue weighted by atomic mass is 10.0. The minimum Gasteiger partial charge on any atom is -0.381 e. The smallest absolute Gasteiger partial charge is 0.234 e. The minimum absolute atomic E-state index is 0.101. The van der Waals surface area contributed by atoms with Gasteiger partial charge in [0, 0.05) is 18.7 Å². The van der Waals surface area contributed by atoms with Crippen LogP contribution in [0.3, 0.4) is 0 Å². The Labute approximate surface area is 104 Å². The van der Waals surface area contributed by atoms with E-state index in [1.54, 1.807) is 0 Å². The van der Waals surface area contributed by atoms with Crippen LogP contribution >= 0.6 is 0 Å². The molecule has 4 heteroatoms. The van der Waals surface area contributed by atoms with Crippen LogP contribution in [-0.4, -0.2) is 37.7 Å². The van der Waals surface area contributed by atoms with E-state index in [1.807, 2.05) is 0 Å². The molecule has 1 fully saturated rings. The van der Waals surface area contributed by atoms with Gasteiger partial charge in [-0.1, -0.05) is 13.8 Å². The van der Waals surface area contributed by atoms with Crippen molar-refractivity contribution in [3.05, 3.63) is 0 Å². The van der Waals surface area contributed by atoms with Crippen LogP contribution in [0.1, 0.15) is 40.0 Å². The first kappa shape index (κ1) is 14.5. The van der Waals surface area contributed by atoms with Crippen molar-refractivity contribution in [1.29, 1.82) is 0 Å². The van der Waals surface area contributed by atoms with Gasteiger partial charge in [-0.15, -0.1) is 0 Å². The summed E-state index contributed by atoms with van der Waals surface area (Å²) in [7, 11) is 0. The third-order valence-electron chi connectivity index (χ3n) is 3.61. The maximum atomic E-state index is 11.7. The summed E-state index contributed by atoms with van der Waals surface area (Å²) in [5.74, 6) is 0.653. The molecule has 100 valence electrons. The van der Waals surface area contributed by atoms with E-state index >= 15 is 0 Å². The molecule has 0 aromatic rings. The van der Waals surface area contributed by atoms with Crippen molar-refractivity contribution in [2.45, 2.75) is 52.1 Å². The zero-order chi connectivity index (χ0) is 12.7. The van der Waals surface area contributed by atoms with Crippen molar-refractivity contribution in [2.75, 3.05) is 19.8 Å². The maximum Gasteiger partial charge on any atom is 0.234 e. The molecular formula is C13H26N2O2. The number of carbonyl (C=O) groups excluding carboxylic acids is 1. The van der Waals surface area contributed by atoms with E-state index in [1.165, 1.54) is 0 Å². The van der Waals surface area contributed by atoms with Gasteiger partial charge < -0.3 is 15.4 Å². The Morgan fingerprint density at radius 2 is 2.12 bits per heavy atom. The van der Waals surface area contributed by atoms with E-state index in [-0.39, 0.29) is 5.91 Å². The first-order valence-corrected chi connectivity index (χ1v) is 6.77. The average Bonchev–Trinajstić information content (AvgIpc) is 2.86. The summed E-state index contributed by atoms with van der Waals surface area (Å²) in [6.07, 6.45) is 3.09. The van der Waals surface area contributed by atoms with Gasteiger partial charge in [-0.2, -0.15) is 0 Å². The molecule has 2 unspecified atom stereocenters. The molecule has 4 nitrogen and oxygen atoms in total. The van der Waals surface area contributed by atoms with Crippen molar-refractivity contribution in [3.63, 3.8) is 0 Å². The normalized spacial score (nSPS) is 21.8. The minimum atomic E-state index is 0.101. The number of amides is 1. The molecule has 1 aliphatic rings. The van der Waals surface area contributed by atoms with Gasteiger partial charge in [-0.25, -0.2) is 0 Å². The highest BCUT2D eigenvalue weighted by Crippen LogP contribution is 2.15. The zero-order valence-corrected chi connectivity index (χ0v) is 11.3. The van der Waals surface area contributed by atoms with Gasteiger partial charge in [-0.05, 0) is 32.1 Å². The molecule has 1 saturated heterocycles. The fourth-order valence-electron chi connectivity index (χ4n) is 2.14. The highest BCUT2D eigenvalue weighted by molar-refractivity contribution is 5.78. The second-order valence-corrected chi connectivity index (χ2v) is 4.87. The maximum absolute atomic E-state index is 11.7. The second kappa shape index (κ2) is 7.67. The van der Waals surface area contributed by atoms with E-state index in [0.29, 0.717) is 24.5 Å². The molecule has 1 amide bonds. The largest absolute Gasteiger partial charge is 0.381 e. The predicted octanol–water partition coefficient (Wildman–Crippen LogP) is 1.31. The van der Waals surface area contributed by atoms with Gasteiger partial charge in [0.2, 0.25) is 5.91 Å². The summed E-state index contributed by atoms with van der Waals surface area (Å²) in [6, 6.07) is 0.666. The molecule has 0 spiro atoms. The number of nitrogens with one attached hydrogen (secondary N) is 2. The third-order valence-corrected chi connectivity index (χ3v) is 3.61.